The lowest BCUT2D eigenvalue weighted by Gasteiger charge is -2.38. The number of nitriles is 1. The SMILES string of the molecule is Cc1nc(C)n(-c2cc(N3CCN(C(=O)N4N=CC[C@H]4c4cc(F)cc(C#N)c4)CC3)c(F)cn2)n1. The summed E-state index contributed by atoms with van der Waals surface area (Å²) in [6.07, 6.45) is 3.19. The van der Waals surface area contributed by atoms with Crippen LogP contribution in [0.15, 0.2) is 35.6 Å². The number of anilines is 1. The third kappa shape index (κ3) is 4.35. The molecule has 5 rings (SSSR count). The molecule has 1 atom stereocenters. The number of hydrazone groups is 1. The maximum absolute atomic E-state index is 14.7. The predicted octanol–water partition coefficient (Wildman–Crippen LogP) is 3.10. The molecule has 2 aliphatic heterocycles. The Morgan fingerprint density at radius 1 is 1.11 bits per heavy atom. The number of benzene rings is 1. The van der Waals surface area contributed by atoms with Crippen LogP contribution >= 0.6 is 0 Å². The van der Waals surface area contributed by atoms with E-state index >= 15 is 0 Å². The highest BCUT2D eigenvalue weighted by Crippen LogP contribution is 2.31. The molecule has 0 unspecified atom stereocenters. The zero-order valence-corrected chi connectivity index (χ0v) is 19.8. The van der Waals surface area contributed by atoms with Crippen molar-refractivity contribution in [2.75, 3.05) is 31.1 Å². The summed E-state index contributed by atoms with van der Waals surface area (Å²) in [6, 6.07) is 6.80. The van der Waals surface area contributed by atoms with E-state index in [0.29, 0.717) is 61.3 Å². The number of urea groups is 1. The Hall–Kier alpha value is -4.40. The Labute approximate surface area is 206 Å². The van der Waals surface area contributed by atoms with Crippen LogP contribution < -0.4 is 4.90 Å². The van der Waals surface area contributed by atoms with E-state index in [1.807, 2.05) is 11.0 Å². The van der Waals surface area contributed by atoms with Gasteiger partial charge in [-0.05, 0) is 37.6 Å². The number of aryl methyl sites for hydroxylation is 2. The van der Waals surface area contributed by atoms with E-state index in [1.54, 1.807) is 41.8 Å². The number of amides is 2. The molecule has 2 amide bonds. The van der Waals surface area contributed by atoms with Crippen molar-refractivity contribution in [1.82, 2.24) is 29.7 Å². The smallest absolute Gasteiger partial charge is 0.341 e. The molecule has 3 aromatic rings. The fraction of sp³-hybridized carbons (Fsp3) is 0.333. The predicted molar refractivity (Wildman–Crippen MR) is 127 cm³/mol. The molecule has 1 aromatic carbocycles. The van der Waals surface area contributed by atoms with Crippen LogP contribution in [-0.4, -0.2) is 68.1 Å². The summed E-state index contributed by atoms with van der Waals surface area (Å²) in [5, 5.41) is 19.0. The minimum atomic E-state index is -0.535. The first kappa shape index (κ1) is 23.3. The van der Waals surface area contributed by atoms with Gasteiger partial charge in [0.25, 0.3) is 0 Å². The van der Waals surface area contributed by atoms with Gasteiger partial charge in [-0.15, -0.1) is 5.10 Å². The van der Waals surface area contributed by atoms with E-state index in [0.717, 1.165) is 12.3 Å². The van der Waals surface area contributed by atoms with Crippen molar-refractivity contribution in [2.45, 2.75) is 26.3 Å². The Balaban J connectivity index is 1.29. The van der Waals surface area contributed by atoms with E-state index in [4.69, 9.17) is 5.26 Å². The lowest BCUT2D eigenvalue weighted by atomic mass is 10.0. The van der Waals surface area contributed by atoms with Crippen molar-refractivity contribution >= 4 is 17.9 Å². The van der Waals surface area contributed by atoms with E-state index in [2.05, 4.69) is 20.2 Å². The van der Waals surface area contributed by atoms with Crippen LogP contribution in [0.4, 0.5) is 19.3 Å². The summed E-state index contributed by atoms with van der Waals surface area (Å²) >= 11 is 0. The number of piperazine rings is 1. The standard InChI is InChI=1S/C24H23F2N9O/c1-15-30-16(2)34(31-15)23-12-22(20(26)14-28-23)32-5-7-33(8-6-32)24(36)35-21(3-4-29-35)18-9-17(13-27)10-19(25)11-18/h4,9-12,14,21H,3,5-8H2,1-2H3/t21-/m0/s1. The van der Waals surface area contributed by atoms with E-state index < -0.39 is 17.7 Å². The van der Waals surface area contributed by atoms with E-state index in [9.17, 15) is 13.6 Å². The minimum Gasteiger partial charge on any atom is -0.365 e. The molecular formula is C24H23F2N9O. The summed E-state index contributed by atoms with van der Waals surface area (Å²) < 4.78 is 30.3. The fourth-order valence-electron chi connectivity index (χ4n) is 4.54. The number of pyridine rings is 1. The number of nitrogens with zero attached hydrogens (tertiary/aromatic N) is 9. The topological polar surface area (TPSA) is 107 Å². The summed E-state index contributed by atoms with van der Waals surface area (Å²) in [7, 11) is 0. The van der Waals surface area contributed by atoms with Gasteiger partial charge in [-0.3, -0.25) is 0 Å². The second-order valence-electron chi connectivity index (χ2n) is 8.65. The third-order valence-electron chi connectivity index (χ3n) is 6.26. The second-order valence-corrected chi connectivity index (χ2v) is 8.65. The molecule has 1 saturated heterocycles. The molecule has 12 heteroatoms. The van der Waals surface area contributed by atoms with Gasteiger partial charge in [0.15, 0.2) is 11.6 Å². The van der Waals surface area contributed by atoms with Gasteiger partial charge < -0.3 is 9.80 Å². The number of halogens is 2. The van der Waals surface area contributed by atoms with Crippen molar-refractivity contribution in [2.24, 2.45) is 5.10 Å². The summed E-state index contributed by atoms with van der Waals surface area (Å²) in [6.45, 7) is 5.08. The molecule has 2 aliphatic rings. The van der Waals surface area contributed by atoms with Crippen molar-refractivity contribution in [3.63, 3.8) is 0 Å². The summed E-state index contributed by atoms with van der Waals surface area (Å²) in [4.78, 5) is 25.2. The molecule has 0 aliphatic carbocycles. The first-order valence-corrected chi connectivity index (χ1v) is 11.5. The molecule has 0 N–H and O–H groups in total. The van der Waals surface area contributed by atoms with Crippen LogP contribution in [0.3, 0.4) is 0 Å². The maximum Gasteiger partial charge on any atom is 0.341 e. The average Bonchev–Trinajstić information content (AvgIpc) is 3.50. The molecule has 1 fully saturated rings. The monoisotopic (exact) mass is 491 g/mol. The molecular weight excluding hydrogens is 468 g/mol. The highest BCUT2D eigenvalue weighted by Gasteiger charge is 2.34. The lowest BCUT2D eigenvalue weighted by Crippen LogP contribution is -2.52. The van der Waals surface area contributed by atoms with Crippen LogP contribution in [0.5, 0.6) is 0 Å². The number of carbonyl (C=O) groups is 1. The number of aromatic nitrogens is 4. The number of hydrogen-bond acceptors (Lipinski definition) is 7. The Morgan fingerprint density at radius 2 is 1.89 bits per heavy atom. The largest absolute Gasteiger partial charge is 0.365 e. The van der Waals surface area contributed by atoms with Crippen molar-refractivity contribution in [1.29, 1.82) is 5.26 Å². The number of rotatable bonds is 3. The molecule has 0 saturated carbocycles. The first-order valence-electron chi connectivity index (χ1n) is 11.5. The highest BCUT2D eigenvalue weighted by atomic mass is 19.1. The first-order chi connectivity index (χ1) is 17.3. The van der Waals surface area contributed by atoms with Crippen LogP contribution in [0, 0.1) is 36.8 Å². The number of carbonyl (C=O) groups excluding carboxylic acids is 1. The van der Waals surface area contributed by atoms with Crippen LogP contribution in [0.2, 0.25) is 0 Å². The maximum atomic E-state index is 14.7. The fourth-order valence-corrected chi connectivity index (χ4v) is 4.54. The molecule has 184 valence electrons. The molecule has 10 nitrogen and oxygen atoms in total. The molecule has 0 bridgehead atoms. The highest BCUT2D eigenvalue weighted by molar-refractivity contribution is 5.79. The van der Waals surface area contributed by atoms with Crippen LogP contribution in [0.25, 0.3) is 5.82 Å². The van der Waals surface area contributed by atoms with Gasteiger partial charge >= 0.3 is 6.03 Å². The average molecular weight is 492 g/mol. The molecule has 4 heterocycles. The van der Waals surface area contributed by atoms with Crippen LogP contribution in [0.1, 0.15) is 35.2 Å². The van der Waals surface area contributed by atoms with Crippen LogP contribution in [-0.2, 0) is 0 Å². The van der Waals surface area contributed by atoms with Gasteiger partial charge in [-0.1, -0.05) is 0 Å². The van der Waals surface area contributed by atoms with Crippen molar-refractivity contribution in [3.05, 3.63) is 64.9 Å². The number of hydrogen-bond donors (Lipinski definition) is 0. The van der Waals surface area contributed by atoms with Gasteiger partial charge in [-0.25, -0.2) is 28.6 Å². The van der Waals surface area contributed by atoms with E-state index in [-0.39, 0.29) is 11.6 Å². The second kappa shape index (κ2) is 9.33. The van der Waals surface area contributed by atoms with Gasteiger partial charge in [-0.2, -0.15) is 15.0 Å². The zero-order valence-electron chi connectivity index (χ0n) is 19.8. The molecule has 36 heavy (non-hydrogen) atoms. The zero-order chi connectivity index (χ0) is 25.4. The Kier molecular flexibility index (Phi) is 6.05. The summed E-state index contributed by atoms with van der Waals surface area (Å²) in [5.74, 6) is 0.707. The lowest BCUT2D eigenvalue weighted by molar-refractivity contribution is 0.139. The van der Waals surface area contributed by atoms with E-state index in [1.165, 1.54) is 11.1 Å². The minimum absolute atomic E-state index is 0.188. The quantitative estimate of drug-likeness (QED) is 0.557. The molecule has 0 radical (unpaired) electrons. The molecule has 0 spiro atoms. The van der Waals surface area contributed by atoms with Crippen molar-refractivity contribution < 1.29 is 13.6 Å². The van der Waals surface area contributed by atoms with Gasteiger partial charge in [0, 0.05) is 44.9 Å². The molecule has 2 aromatic heterocycles. The van der Waals surface area contributed by atoms with Crippen molar-refractivity contribution in [3.8, 4) is 11.9 Å². The Bertz CT molecular complexity index is 1390. The Morgan fingerprint density at radius 3 is 2.58 bits per heavy atom. The third-order valence-corrected chi connectivity index (χ3v) is 6.26. The van der Waals surface area contributed by atoms with Gasteiger partial charge in [0.1, 0.15) is 17.5 Å². The summed E-state index contributed by atoms with van der Waals surface area (Å²) in [5.41, 5.74) is 1.08. The normalized spacial score (nSPS) is 17.5. The van der Waals surface area contributed by atoms with Gasteiger partial charge in [0.2, 0.25) is 0 Å². The van der Waals surface area contributed by atoms with Gasteiger partial charge in [0.05, 0.1) is 29.6 Å².